The van der Waals surface area contributed by atoms with Crippen LogP contribution in [0.2, 0.25) is 0 Å². The number of nitrogens with one attached hydrogen (secondary N) is 2. The summed E-state index contributed by atoms with van der Waals surface area (Å²) in [5.74, 6) is 0.542. The third kappa shape index (κ3) is 2.82. The van der Waals surface area contributed by atoms with Crippen molar-refractivity contribution in [3.63, 3.8) is 0 Å². The molecule has 0 radical (unpaired) electrons. The monoisotopic (exact) mass is 358 g/mol. The lowest BCUT2D eigenvalue weighted by molar-refractivity contribution is -0.129. The summed E-state index contributed by atoms with van der Waals surface area (Å²) in [6.45, 7) is 1.81. The molecule has 1 aromatic heterocycles. The van der Waals surface area contributed by atoms with Crippen LogP contribution in [-0.4, -0.2) is 58.0 Å². The molecule has 2 N–H and O–H groups in total. The Morgan fingerprint density at radius 2 is 2.08 bits per heavy atom. The predicted molar refractivity (Wildman–Crippen MR) is 93.3 cm³/mol. The van der Waals surface area contributed by atoms with Crippen molar-refractivity contribution in [3.05, 3.63) is 18.2 Å². The van der Waals surface area contributed by atoms with Gasteiger partial charge in [-0.3, -0.25) is 9.59 Å². The number of hydrogen-bond donors (Lipinski definition) is 2. The van der Waals surface area contributed by atoms with E-state index in [4.69, 9.17) is 4.74 Å². The van der Waals surface area contributed by atoms with E-state index in [1.54, 1.807) is 6.20 Å². The summed E-state index contributed by atoms with van der Waals surface area (Å²) in [5, 5.41) is 3.27. The van der Waals surface area contributed by atoms with Gasteiger partial charge in [0, 0.05) is 18.5 Å². The van der Waals surface area contributed by atoms with Crippen molar-refractivity contribution in [1.29, 1.82) is 0 Å². The third-order valence-corrected chi connectivity index (χ3v) is 6.91. The number of hydrogen-bond acceptors (Lipinski definition) is 4. The number of carbonyl (C=O) groups excluding carboxylic acids is 2. The number of ether oxygens (including phenoxy) is 1. The number of morpholine rings is 1. The number of nitrogens with zero attached hydrogens (tertiary/aromatic N) is 2. The summed E-state index contributed by atoms with van der Waals surface area (Å²) in [6.07, 6.45) is 10.3. The molecule has 140 valence electrons. The van der Waals surface area contributed by atoms with Crippen LogP contribution in [0.5, 0.6) is 0 Å². The van der Waals surface area contributed by atoms with Crippen LogP contribution >= 0.6 is 0 Å². The number of carbonyl (C=O) groups is 2. The number of aromatic nitrogens is 2. The zero-order chi connectivity index (χ0) is 17.8. The molecule has 5 rings (SSSR count). The van der Waals surface area contributed by atoms with Gasteiger partial charge in [-0.1, -0.05) is 0 Å². The predicted octanol–water partition coefficient (Wildman–Crippen LogP) is 1.48. The van der Waals surface area contributed by atoms with Crippen LogP contribution in [0.3, 0.4) is 0 Å². The molecule has 2 spiro atoms. The maximum atomic E-state index is 12.6. The zero-order valence-electron chi connectivity index (χ0n) is 15.0. The van der Waals surface area contributed by atoms with Crippen LogP contribution in [0.15, 0.2) is 12.5 Å². The molecular weight excluding hydrogens is 332 g/mol. The molecule has 4 fully saturated rings. The summed E-state index contributed by atoms with van der Waals surface area (Å²) >= 11 is 0. The van der Waals surface area contributed by atoms with Crippen LogP contribution in [0.1, 0.15) is 55.4 Å². The highest BCUT2D eigenvalue weighted by Crippen LogP contribution is 2.70. The number of imidazole rings is 1. The quantitative estimate of drug-likeness (QED) is 0.857. The fraction of sp³-hybridized carbons (Fsp3) is 0.737. The Labute approximate surface area is 152 Å². The van der Waals surface area contributed by atoms with Crippen molar-refractivity contribution in [2.45, 2.75) is 56.6 Å². The Morgan fingerprint density at radius 1 is 1.27 bits per heavy atom. The summed E-state index contributed by atoms with van der Waals surface area (Å²) < 4.78 is 6.13. The van der Waals surface area contributed by atoms with Crippen molar-refractivity contribution < 1.29 is 14.3 Å². The topological polar surface area (TPSA) is 87.3 Å². The van der Waals surface area contributed by atoms with Crippen LogP contribution in [0.25, 0.3) is 0 Å². The highest BCUT2D eigenvalue weighted by Gasteiger charge is 2.65. The Morgan fingerprint density at radius 3 is 2.73 bits per heavy atom. The fourth-order valence-electron chi connectivity index (χ4n) is 4.89. The standard InChI is InChI=1S/C19H26N4O3/c24-16(14-9-18(14)5-6-18)22-13-1-3-19(4-2-13)11-23(7-8-26-19)17(25)15-10-20-12-21-15/h10,12-14H,1-9,11H2,(H,20,21)(H,22,24). The van der Waals surface area contributed by atoms with Gasteiger partial charge in [-0.2, -0.15) is 0 Å². The Balaban J connectivity index is 1.16. The second-order valence-corrected chi connectivity index (χ2v) is 8.63. The van der Waals surface area contributed by atoms with Gasteiger partial charge in [0.25, 0.3) is 5.91 Å². The molecule has 3 saturated carbocycles. The Hall–Kier alpha value is -1.89. The highest BCUT2D eigenvalue weighted by molar-refractivity contribution is 5.92. The first-order valence-electron chi connectivity index (χ1n) is 9.81. The summed E-state index contributed by atoms with van der Waals surface area (Å²) in [7, 11) is 0. The molecular formula is C19H26N4O3. The van der Waals surface area contributed by atoms with Crippen molar-refractivity contribution in [2.75, 3.05) is 19.7 Å². The van der Waals surface area contributed by atoms with E-state index in [0.717, 1.165) is 32.1 Å². The lowest BCUT2D eigenvalue weighted by Gasteiger charge is -2.46. The van der Waals surface area contributed by atoms with E-state index in [0.29, 0.717) is 30.8 Å². The third-order valence-electron chi connectivity index (χ3n) is 6.91. The Kier molecular flexibility index (Phi) is 3.64. The van der Waals surface area contributed by atoms with E-state index in [-0.39, 0.29) is 29.4 Å². The molecule has 0 bridgehead atoms. The minimum absolute atomic E-state index is 0.0101. The summed E-state index contributed by atoms with van der Waals surface area (Å²) in [5.41, 5.74) is 0.688. The van der Waals surface area contributed by atoms with Crippen molar-refractivity contribution in [3.8, 4) is 0 Å². The van der Waals surface area contributed by atoms with Crippen molar-refractivity contribution >= 4 is 11.8 Å². The smallest absolute Gasteiger partial charge is 0.272 e. The van der Waals surface area contributed by atoms with E-state index >= 15 is 0 Å². The van der Waals surface area contributed by atoms with Gasteiger partial charge in [-0.25, -0.2) is 4.98 Å². The fourth-order valence-corrected chi connectivity index (χ4v) is 4.89. The first kappa shape index (κ1) is 16.3. The van der Waals surface area contributed by atoms with Crippen molar-refractivity contribution in [2.24, 2.45) is 11.3 Å². The lowest BCUT2D eigenvalue weighted by Crippen LogP contribution is -2.56. The van der Waals surface area contributed by atoms with E-state index < -0.39 is 0 Å². The second-order valence-electron chi connectivity index (χ2n) is 8.63. The molecule has 3 aliphatic carbocycles. The maximum absolute atomic E-state index is 12.6. The Bertz CT molecular complexity index is 704. The van der Waals surface area contributed by atoms with Gasteiger partial charge in [-0.05, 0) is 50.4 Å². The molecule has 7 nitrogen and oxygen atoms in total. The molecule has 1 atom stereocenters. The van der Waals surface area contributed by atoms with Gasteiger partial charge in [0.2, 0.25) is 5.91 Å². The molecule has 1 saturated heterocycles. The SMILES string of the molecule is O=C(NC1CCC2(CC1)CN(C(=O)c1cnc[nH]1)CCO2)C1CC12CC2. The van der Waals surface area contributed by atoms with Crippen molar-refractivity contribution in [1.82, 2.24) is 20.2 Å². The van der Waals surface area contributed by atoms with Gasteiger partial charge in [-0.15, -0.1) is 0 Å². The van der Waals surface area contributed by atoms with E-state index in [9.17, 15) is 9.59 Å². The molecule has 2 heterocycles. The van der Waals surface area contributed by atoms with Gasteiger partial charge in [0.15, 0.2) is 0 Å². The summed E-state index contributed by atoms with van der Waals surface area (Å²) in [4.78, 5) is 33.7. The molecule has 1 aliphatic heterocycles. The average Bonchev–Trinajstić information content (AvgIpc) is 3.53. The minimum atomic E-state index is -0.257. The van der Waals surface area contributed by atoms with Gasteiger partial charge < -0.3 is 19.9 Å². The first-order valence-corrected chi connectivity index (χ1v) is 9.81. The first-order chi connectivity index (χ1) is 12.6. The van der Waals surface area contributed by atoms with Gasteiger partial charge >= 0.3 is 0 Å². The zero-order valence-corrected chi connectivity index (χ0v) is 15.0. The largest absolute Gasteiger partial charge is 0.371 e. The van der Waals surface area contributed by atoms with E-state index in [1.807, 2.05) is 4.90 Å². The second kappa shape index (κ2) is 5.81. The number of aromatic amines is 1. The van der Waals surface area contributed by atoms with E-state index in [1.165, 1.54) is 19.2 Å². The molecule has 0 aromatic carbocycles. The number of rotatable bonds is 3. The number of amides is 2. The number of H-pyrrole nitrogens is 1. The lowest BCUT2D eigenvalue weighted by atomic mass is 9.80. The molecule has 7 heteroatoms. The van der Waals surface area contributed by atoms with Crippen LogP contribution in [-0.2, 0) is 9.53 Å². The summed E-state index contributed by atoms with van der Waals surface area (Å²) in [6, 6.07) is 0.256. The van der Waals surface area contributed by atoms with Crippen LogP contribution in [0.4, 0.5) is 0 Å². The van der Waals surface area contributed by atoms with E-state index in [2.05, 4.69) is 15.3 Å². The van der Waals surface area contributed by atoms with Gasteiger partial charge in [0.1, 0.15) is 5.69 Å². The molecule has 4 aliphatic rings. The van der Waals surface area contributed by atoms with Crippen LogP contribution < -0.4 is 5.32 Å². The average molecular weight is 358 g/mol. The highest BCUT2D eigenvalue weighted by atomic mass is 16.5. The van der Waals surface area contributed by atoms with Crippen LogP contribution in [0, 0.1) is 11.3 Å². The van der Waals surface area contributed by atoms with Gasteiger partial charge in [0.05, 0.1) is 31.3 Å². The molecule has 2 amide bonds. The molecule has 1 unspecified atom stereocenters. The maximum Gasteiger partial charge on any atom is 0.272 e. The minimum Gasteiger partial charge on any atom is -0.371 e. The normalized spacial score (nSPS) is 34.7. The molecule has 26 heavy (non-hydrogen) atoms. The molecule has 1 aromatic rings.